The van der Waals surface area contributed by atoms with E-state index in [0.717, 1.165) is 70.5 Å². The highest BCUT2D eigenvalue weighted by Gasteiger charge is 2.25. The van der Waals surface area contributed by atoms with Crippen LogP contribution in [0.5, 0.6) is 0 Å². The molecule has 8 nitrogen and oxygen atoms in total. The van der Waals surface area contributed by atoms with Gasteiger partial charge in [-0.05, 0) is 44.1 Å². The first kappa shape index (κ1) is 23.8. The molecule has 2 saturated heterocycles. The summed E-state index contributed by atoms with van der Waals surface area (Å²) in [5.41, 5.74) is 3.80. The standard InChI is InChI=1S/C27H33N6O2S/c1-30(2)20-7-9-31(10-8-20)17-21-15-24-25(36-21)27(32-11-13-35-14-12-32)29-26(28-24)23-18-33(34)16-19-5-3-4-6-22(19)23/h3-6,15,18,20H,7-14,16-17H2,1-2H3/q-1. The third kappa shape index (κ3) is 4.73. The van der Waals surface area contributed by atoms with Gasteiger partial charge in [-0.25, -0.2) is 9.97 Å². The van der Waals surface area contributed by atoms with Crippen LogP contribution in [0.1, 0.15) is 34.7 Å². The maximum Gasteiger partial charge on any atom is 0.164 e. The molecule has 36 heavy (non-hydrogen) atoms. The third-order valence-electron chi connectivity index (χ3n) is 7.53. The van der Waals surface area contributed by atoms with E-state index in [2.05, 4.69) is 40.9 Å². The monoisotopic (exact) mass is 505 g/mol. The van der Waals surface area contributed by atoms with E-state index in [0.29, 0.717) is 31.6 Å². The lowest BCUT2D eigenvalue weighted by Gasteiger charge is -2.34. The minimum Gasteiger partial charge on any atom is -0.758 e. The number of hydrogen-bond acceptors (Lipinski definition) is 9. The molecule has 0 N–H and O–H groups in total. The highest BCUT2D eigenvalue weighted by atomic mass is 32.1. The molecule has 9 heteroatoms. The van der Waals surface area contributed by atoms with E-state index in [1.54, 1.807) is 6.20 Å². The summed E-state index contributed by atoms with van der Waals surface area (Å²) in [6.07, 6.45) is 4.06. The van der Waals surface area contributed by atoms with Crippen LogP contribution in [0, 0.1) is 5.21 Å². The zero-order valence-corrected chi connectivity index (χ0v) is 21.8. The molecule has 6 rings (SSSR count). The van der Waals surface area contributed by atoms with Crippen LogP contribution in [0.15, 0.2) is 36.5 Å². The molecule has 0 atom stereocenters. The van der Waals surface area contributed by atoms with Crippen molar-refractivity contribution in [2.24, 2.45) is 0 Å². The van der Waals surface area contributed by atoms with E-state index >= 15 is 0 Å². The van der Waals surface area contributed by atoms with Gasteiger partial charge in [0.2, 0.25) is 0 Å². The molecule has 5 heterocycles. The molecule has 1 aromatic carbocycles. The van der Waals surface area contributed by atoms with Crippen molar-refractivity contribution >= 4 is 32.9 Å². The van der Waals surface area contributed by atoms with Crippen molar-refractivity contribution in [1.29, 1.82) is 0 Å². The van der Waals surface area contributed by atoms with Gasteiger partial charge in [0.05, 0.1) is 23.4 Å². The molecule has 0 bridgehead atoms. The van der Waals surface area contributed by atoms with Crippen molar-refractivity contribution in [3.63, 3.8) is 0 Å². The Morgan fingerprint density at radius 1 is 1.08 bits per heavy atom. The van der Waals surface area contributed by atoms with E-state index in [1.165, 1.54) is 17.7 Å². The van der Waals surface area contributed by atoms with Gasteiger partial charge >= 0.3 is 0 Å². The van der Waals surface area contributed by atoms with Crippen LogP contribution in [0.2, 0.25) is 0 Å². The van der Waals surface area contributed by atoms with Gasteiger partial charge in [-0.2, -0.15) is 0 Å². The second-order valence-corrected chi connectivity index (χ2v) is 11.3. The molecule has 3 aromatic rings. The first-order chi connectivity index (χ1) is 17.5. The number of likely N-dealkylation sites (tertiary alicyclic amines) is 1. The second kappa shape index (κ2) is 10.1. The van der Waals surface area contributed by atoms with Crippen molar-refractivity contribution < 1.29 is 4.74 Å². The quantitative estimate of drug-likeness (QED) is 0.519. The van der Waals surface area contributed by atoms with Gasteiger partial charge in [0.25, 0.3) is 0 Å². The highest BCUT2D eigenvalue weighted by Crippen LogP contribution is 2.37. The number of thiophene rings is 1. The summed E-state index contributed by atoms with van der Waals surface area (Å²) in [6.45, 7) is 6.53. The number of anilines is 1. The van der Waals surface area contributed by atoms with Crippen LogP contribution >= 0.6 is 11.3 Å². The number of fused-ring (bicyclic) bond motifs is 2. The molecular weight excluding hydrogens is 472 g/mol. The summed E-state index contributed by atoms with van der Waals surface area (Å²) >= 11 is 1.81. The second-order valence-electron chi connectivity index (χ2n) is 10.1. The number of benzene rings is 1. The maximum atomic E-state index is 12.5. The summed E-state index contributed by atoms with van der Waals surface area (Å²) in [7, 11) is 4.37. The zero-order chi connectivity index (χ0) is 24.6. The Kier molecular flexibility index (Phi) is 6.66. The predicted octanol–water partition coefficient (Wildman–Crippen LogP) is 3.76. The van der Waals surface area contributed by atoms with Gasteiger partial charge in [0, 0.05) is 62.0 Å². The normalized spacial score (nSPS) is 19.7. The van der Waals surface area contributed by atoms with Gasteiger partial charge in [0.1, 0.15) is 0 Å². The number of piperidine rings is 1. The van der Waals surface area contributed by atoms with E-state index < -0.39 is 0 Å². The number of rotatable bonds is 5. The fraction of sp³-hybridized carbons (Fsp3) is 0.481. The number of hydroxylamine groups is 2. The lowest BCUT2D eigenvalue weighted by molar-refractivity contribution is 0.122. The smallest absolute Gasteiger partial charge is 0.164 e. The topological polar surface area (TPSA) is 71.0 Å². The van der Waals surface area contributed by atoms with Gasteiger partial charge < -0.3 is 24.8 Å². The molecule has 0 saturated carbocycles. The Morgan fingerprint density at radius 3 is 2.64 bits per heavy atom. The number of morpholine rings is 1. The summed E-state index contributed by atoms with van der Waals surface area (Å²) in [5, 5.41) is 13.5. The molecule has 3 aliphatic heterocycles. The van der Waals surface area contributed by atoms with Crippen molar-refractivity contribution in [2.75, 3.05) is 58.4 Å². The molecule has 0 spiro atoms. The van der Waals surface area contributed by atoms with Crippen molar-refractivity contribution in [3.8, 4) is 0 Å². The predicted molar refractivity (Wildman–Crippen MR) is 145 cm³/mol. The lowest BCUT2D eigenvalue weighted by Crippen LogP contribution is -2.41. The summed E-state index contributed by atoms with van der Waals surface area (Å²) in [4.78, 5) is 18.6. The van der Waals surface area contributed by atoms with Gasteiger partial charge in [-0.15, -0.1) is 11.3 Å². The Labute approximate surface area is 216 Å². The summed E-state index contributed by atoms with van der Waals surface area (Å²) in [5.74, 6) is 1.58. The number of nitrogens with zero attached hydrogens (tertiary/aromatic N) is 6. The first-order valence-electron chi connectivity index (χ1n) is 12.8. The molecule has 0 amide bonds. The number of ether oxygens (including phenoxy) is 1. The van der Waals surface area contributed by atoms with Gasteiger partial charge in [-0.3, -0.25) is 4.90 Å². The average molecular weight is 506 g/mol. The summed E-state index contributed by atoms with van der Waals surface area (Å²) < 4.78 is 6.75. The van der Waals surface area contributed by atoms with Crippen LogP contribution < -0.4 is 4.90 Å². The van der Waals surface area contributed by atoms with Crippen LogP contribution in [0.4, 0.5) is 5.82 Å². The van der Waals surface area contributed by atoms with Gasteiger partial charge in [0.15, 0.2) is 11.6 Å². The Hall–Kier alpha value is -2.56. The Balaban J connectivity index is 1.36. The van der Waals surface area contributed by atoms with E-state index in [-0.39, 0.29) is 0 Å². The zero-order valence-electron chi connectivity index (χ0n) is 21.0. The van der Waals surface area contributed by atoms with Crippen LogP contribution in [-0.4, -0.2) is 84.4 Å². The molecule has 2 fully saturated rings. The average Bonchev–Trinajstić information content (AvgIpc) is 3.30. The van der Waals surface area contributed by atoms with Crippen LogP contribution in [0.3, 0.4) is 0 Å². The molecule has 0 aliphatic carbocycles. The molecule has 3 aliphatic rings. The first-order valence-corrected chi connectivity index (χ1v) is 13.6. The summed E-state index contributed by atoms with van der Waals surface area (Å²) in [6, 6.07) is 11.0. The van der Waals surface area contributed by atoms with E-state index in [1.807, 2.05) is 29.5 Å². The number of aromatic nitrogens is 2. The van der Waals surface area contributed by atoms with Crippen molar-refractivity contribution in [2.45, 2.75) is 32.0 Å². The Morgan fingerprint density at radius 2 is 1.86 bits per heavy atom. The van der Waals surface area contributed by atoms with E-state index in [9.17, 15) is 5.21 Å². The molecular formula is C27H33N6O2S-. The van der Waals surface area contributed by atoms with Crippen LogP contribution in [0.25, 0.3) is 15.8 Å². The van der Waals surface area contributed by atoms with Crippen molar-refractivity contribution in [3.05, 3.63) is 63.6 Å². The Bertz CT molecular complexity index is 1260. The van der Waals surface area contributed by atoms with Crippen molar-refractivity contribution in [1.82, 2.24) is 24.8 Å². The maximum absolute atomic E-state index is 12.5. The fourth-order valence-corrected chi connectivity index (χ4v) is 6.65. The third-order valence-corrected chi connectivity index (χ3v) is 8.63. The van der Waals surface area contributed by atoms with E-state index in [4.69, 9.17) is 14.7 Å². The molecule has 0 radical (unpaired) electrons. The molecule has 0 unspecified atom stereocenters. The molecule has 2 aromatic heterocycles. The molecule has 190 valence electrons. The fourth-order valence-electron chi connectivity index (χ4n) is 5.49. The lowest BCUT2D eigenvalue weighted by atomic mass is 9.97. The highest BCUT2D eigenvalue weighted by molar-refractivity contribution is 7.19. The van der Waals surface area contributed by atoms with Gasteiger partial charge in [-0.1, -0.05) is 24.3 Å². The van der Waals surface area contributed by atoms with Crippen LogP contribution in [-0.2, 0) is 17.8 Å². The largest absolute Gasteiger partial charge is 0.758 e. The number of hydrogen-bond donors (Lipinski definition) is 0. The SMILES string of the molecule is CN(C)C1CCN(Cc2cc3nc(C4=CN([O-])Cc5ccccc54)nc(N4CCOCC4)c3s2)CC1. The minimum atomic E-state index is 0.353. The minimum absolute atomic E-state index is 0.353.